The van der Waals surface area contributed by atoms with E-state index in [1.807, 2.05) is 12.1 Å². The molecule has 0 aliphatic rings. The number of fused-ring (bicyclic) bond motifs is 1. The van der Waals surface area contributed by atoms with Crippen molar-refractivity contribution in [3.05, 3.63) is 35.9 Å². The molecule has 2 rings (SSSR count). The van der Waals surface area contributed by atoms with E-state index < -0.39 is 0 Å². The Labute approximate surface area is 126 Å². The van der Waals surface area contributed by atoms with E-state index in [2.05, 4.69) is 44.3 Å². The monoisotopic (exact) mass is 290 g/mol. The second-order valence-electron chi connectivity index (χ2n) is 6.16. The van der Waals surface area contributed by atoms with Crippen LogP contribution in [0.3, 0.4) is 0 Å². The summed E-state index contributed by atoms with van der Waals surface area (Å²) in [4.78, 5) is 4.72. The summed E-state index contributed by atoms with van der Waals surface area (Å²) < 4.78 is 0. The molecule has 0 aliphatic carbocycles. The van der Waals surface area contributed by atoms with Crippen LogP contribution in [-0.2, 0) is 0 Å². The van der Waals surface area contributed by atoms with Crippen molar-refractivity contribution in [1.82, 2.24) is 4.98 Å². The number of hydrogen-bond donors (Lipinski definition) is 1. The zero-order valence-corrected chi connectivity index (χ0v) is 13.3. The Morgan fingerprint density at radius 2 is 2.00 bits per heavy atom. The fourth-order valence-corrected chi connectivity index (χ4v) is 2.49. The van der Waals surface area contributed by atoms with E-state index >= 15 is 0 Å². The molecule has 0 aliphatic heterocycles. The Balaban J connectivity index is 2.11. The number of aromatic nitrogens is 1. The first kappa shape index (κ1) is 15.1. The fraction of sp³-hybridized carbons (Fsp3) is 0.471. The molecule has 0 radical (unpaired) electrons. The maximum Gasteiger partial charge on any atom is 0.129 e. The maximum atomic E-state index is 5.78. The van der Waals surface area contributed by atoms with Crippen LogP contribution in [0.15, 0.2) is 30.3 Å². The van der Waals surface area contributed by atoms with Gasteiger partial charge in [0.15, 0.2) is 0 Å². The van der Waals surface area contributed by atoms with Gasteiger partial charge in [-0.05, 0) is 42.9 Å². The lowest BCUT2D eigenvalue weighted by Crippen LogP contribution is -2.24. The Morgan fingerprint density at radius 1 is 1.25 bits per heavy atom. The minimum Gasteiger partial charge on any atom is -0.369 e. The van der Waals surface area contributed by atoms with Crippen LogP contribution >= 0.6 is 11.6 Å². The van der Waals surface area contributed by atoms with Crippen LogP contribution < -0.4 is 5.32 Å². The third-order valence-corrected chi connectivity index (χ3v) is 3.90. The third-order valence-electron chi connectivity index (χ3n) is 3.64. The molecule has 0 spiro atoms. The molecule has 0 fully saturated rings. The van der Waals surface area contributed by atoms with Gasteiger partial charge in [-0.1, -0.05) is 32.0 Å². The van der Waals surface area contributed by atoms with Crippen molar-refractivity contribution in [2.24, 2.45) is 5.41 Å². The summed E-state index contributed by atoms with van der Waals surface area (Å²) in [5, 5.41) is 4.69. The summed E-state index contributed by atoms with van der Waals surface area (Å²) in [5.74, 6) is 1.72. The zero-order valence-electron chi connectivity index (χ0n) is 12.5. The topological polar surface area (TPSA) is 24.9 Å². The molecule has 1 N–H and O–H groups in total. The lowest BCUT2D eigenvalue weighted by molar-refractivity contribution is 0.355. The van der Waals surface area contributed by atoms with Gasteiger partial charge in [-0.25, -0.2) is 4.98 Å². The highest BCUT2D eigenvalue weighted by atomic mass is 35.5. The molecule has 2 aromatic rings. The van der Waals surface area contributed by atoms with Gasteiger partial charge in [0.05, 0.1) is 5.52 Å². The molecule has 108 valence electrons. The SMILES string of the molecule is Cc1cc2ccccc2nc1NCC(C)(C)CCCCl. The predicted molar refractivity (Wildman–Crippen MR) is 88.7 cm³/mol. The lowest BCUT2D eigenvalue weighted by atomic mass is 9.88. The molecule has 0 saturated heterocycles. The Hall–Kier alpha value is -1.28. The van der Waals surface area contributed by atoms with Crippen molar-refractivity contribution in [2.75, 3.05) is 17.7 Å². The van der Waals surface area contributed by atoms with Gasteiger partial charge in [0, 0.05) is 17.8 Å². The minimum atomic E-state index is 0.231. The molecule has 1 aromatic heterocycles. The third kappa shape index (κ3) is 3.86. The number of rotatable bonds is 6. The Kier molecular flexibility index (Phi) is 4.87. The van der Waals surface area contributed by atoms with E-state index in [4.69, 9.17) is 16.6 Å². The predicted octanol–water partition coefficient (Wildman–Crippen LogP) is 5.00. The summed E-state index contributed by atoms with van der Waals surface area (Å²) >= 11 is 5.78. The maximum absolute atomic E-state index is 5.78. The normalized spacial score (nSPS) is 11.8. The summed E-state index contributed by atoms with van der Waals surface area (Å²) in [6.07, 6.45) is 2.18. The number of hydrogen-bond acceptors (Lipinski definition) is 2. The van der Waals surface area contributed by atoms with Crippen molar-refractivity contribution < 1.29 is 0 Å². The first-order chi connectivity index (χ1) is 9.52. The highest BCUT2D eigenvalue weighted by Crippen LogP contribution is 2.25. The average Bonchev–Trinajstić information content (AvgIpc) is 2.43. The number of nitrogens with zero attached hydrogens (tertiary/aromatic N) is 1. The first-order valence-electron chi connectivity index (χ1n) is 7.18. The van der Waals surface area contributed by atoms with Crippen molar-refractivity contribution in [3.8, 4) is 0 Å². The van der Waals surface area contributed by atoms with E-state index in [0.717, 1.165) is 36.6 Å². The molecule has 0 bridgehead atoms. The van der Waals surface area contributed by atoms with Gasteiger partial charge in [0.2, 0.25) is 0 Å². The smallest absolute Gasteiger partial charge is 0.129 e. The van der Waals surface area contributed by atoms with Crippen LogP contribution in [0.4, 0.5) is 5.82 Å². The first-order valence-corrected chi connectivity index (χ1v) is 7.71. The lowest BCUT2D eigenvalue weighted by Gasteiger charge is -2.25. The van der Waals surface area contributed by atoms with Crippen molar-refractivity contribution in [3.63, 3.8) is 0 Å². The number of anilines is 1. The van der Waals surface area contributed by atoms with Crippen LogP contribution in [0, 0.1) is 12.3 Å². The number of halogens is 1. The zero-order chi connectivity index (χ0) is 14.6. The van der Waals surface area contributed by atoms with Crippen molar-refractivity contribution in [2.45, 2.75) is 33.6 Å². The van der Waals surface area contributed by atoms with Gasteiger partial charge in [0.1, 0.15) is 5.82 Å². The quantitative estimate of drug-likeness (QED) is 0.757. The van der Waals surface area contributed by atoms with Gasteiger partial charge in [-0.2, -0.15) is 0 Å². The molecule has 0 unspecified atom stereocenters. The number of pyridine rings is 1. The van der Waals surface area contributed by atoms with Gasteiger partial charge in [-0.15, -0.1) is 11.6 Å². The molecule has 0 saturated carbocycles. The average molecular weight is 291 g/mol. The second kappa shape index (κ2) is 6.45. The molecule has 20 heavy (non-hydrogen) atoms. The fourth-order valence-electron chi connectivity index (χ4n) is 2.36. The summed E-state index contributed by atoms with van der Waals surface area (Å²) in [7, 11) is 0. The van der Waals surface area contributed by atoms with Gasteiger partial charge in [-0.3, -0.25) is 0 Å². The largest absolute Gasteiger partial charge is 0.369 e. The number of alkyl halides is 1. The van der Waals surface area contributed by atoms with Crippen LogP contribution in [0.2, 0.25) is 0 Å². The van der Waals surface area contributed by atoms with E-state index in [0.29, 0.717) is 0 Å². The Morgan fingerprint density at radius 3 is 2.75 bits per heavy atom. The van der Waals surface area contributed by atoms with Crippen LogP contribution in [0.1, 0.15) is 32.3 Å². The molecular formula is C17H23ClN2. The standard InChI is InChI=1S/C17H23ClN2/c1-13-11-14-7-4-5-8-15(14)20-16(13)19-12-17(2,3)9-6-10-18/h4-5,7-8,11H,6,9-10,12H2,1-3H3,(H,19,20). The van der Waals surface area contributed by atoms with E-state index in [1.165, 1.54) is 10.9 Å². The van der Waals surface area contributed by atoms with E-state index in [9.17, 15) is 0 Å². The highest BCUT2D eigenvalue weighted by molar-refractivity contribution is 6.17. The van der Waals surface area contributed by atoms with Crippen LogP contribution in [0.5, 0.6) is 0 Å². The van der Waals surface area contributed by atoms with Crippen molar-refractivity contribution in [1.29, 1.82) is 0 Å². The number of para-hydroxylation sites is 1. The van der Waals surface area contributed by atoms with Crippen LogP contribution in [0.25, 0.3) is 10.9 Å². The number of aryl methyl sites for hydroxylation is 1. The van der Waals surface area contributed by atoms with Crippen LogP contribution in [-0.4, -0.2) is 17.4 Å². The summed E-state index contributed by atoms with van der Waals surface area (Å²) in [6.45, 7) is 7.55. The summed E-state index contributed by atoms with van der Waals surface area (Å²) in [6, 6.07) is 10.4. The highest BCUT2D eigenvalue weighted by Gasteiger charge is 2.17. The van der Waals surface area contributed by atoms with Crippen molar-refractivity contribution >= 4 is 28.3 Å². The van der Waals surface area contributed by atoms with Gasteiger partial charge >= 0.3 is 0 Å². The molecule has 0 amide bonds. The molecular weight excluding hydrogens is 268 g/mol. The molecule has 1 aromatic carbocycles. The Bertz CT molecular complexity index is 578. The number of nitrogens with one attached hydrogen (secondary N) is 1. The molecule has 2 nitrogen and oxygen atoms in total. The molecule has 0 atom stereocenters. The second-order valence-corrected chi connectivity index (χ2v) is 6.53. The number of benzene rings is 1. The summed E-state index contributed by atoms with van der Waals surface area (Å²) in [5.41, 5.74) is 2.46. The van der Waals surface area contributed by atoms with Gasteiger partial charge in [0.25, 0.3) is 0 Å². The molecule has 3 heteroatoms. The van der Waals surface area contributed by atoms with Gasteiger partial charge < -0.3 is 5.32 Å². The molecule has 1 heterocycles. The van der Waals surface area contributed by atoms with E-state index in [-0.39, 0.29) is 5.41 Å². The minimum absolute atomic E-state index is 0.231. The van der Waals surface area contributed by atoms with E-state index in [1.54, 1.807) is 0 Å².